The van der Waals surface area contributed by atoms with Crippen LogP contribution in [0.2, 0.25) is 0 Å². The Kier molecular flexibility index (Phi) is 4.30. The summed E-state index contributed by atoms with van der Waals surface area (Å²) >= 11 is 0. The van der Waals surface area contributed by atoms with Gasteiger partial charge in [0, 0.05) is 12.1 Å². The van der Waals surface area contributed by atoms with Gasteiger partial charge in [0.2, 0.25) is 5.78 Å². The molecule has 0 aromatic heterocycles. The van der Waals surface area contributed by atoms with Gasteiger partial charge < -0.3 is 9.47 Å². The van der Waals surface area contributed by atoms with E-state index in [2.05, 4.69) is 0 Å². The Balaban J connectivity index is 2.04. The predicted molar refractivity (Wildman–Crippen MR) is 69.2 cm³/mol. The number of Topliss-reactive ketones (excluding diaryl/α,β-unsaturated/α-hetero) is 1. The largest absolute Gasteiger partial charge is 0.497 e. The molecule has 0 amide bonds. The van der Waals surface area contributed by atoms with Crippen LogP contribution in [0.25, 0.3) is 0 Å². The van der Waals surface area contributed by atoms with Gasteiger partial charge >= 0.3 is 0 Å². The molecule has 0 unspecified atom stereocenters. The van der Waals surface area contributed by atoms with Gasteiger partial charge in [0.15, 0.2) is 6.61 Å². The van der Waals surface area contributed by atoms with Crippen LogP contribution in [0.15, 0.2) is 42.5 Å². The van der Waals surface area contributed by atoms with Crippen molar-refractivity contribution in [1.29, 1.82) is 0 Å². The predicted octanol–water partition coefficient (Wildman–Crippen LogP) is 3.24. The fraction of sp³-hybridized carbons (Fsp3) is 0.133. The molecular formula is C15H12F2O3. The van der Waals surface area contributed by atoms with Crippen molar-refractivity contribution in [3.05, 3.63) is 59.7 Å². The maximum atomic E-state index is 13.4. The molecule has 0 atom stereocenters. The summed E-state index contributed by atoms with van der Waals surface area (Å²) in [5.41, 5.74) is -0.200. The Morgan fingerprint density at radius 2 is 1.85 bits per heavy atom. The molecule has 3 nitrogen and oxygen atoms in total. The minimum absolute atomic E-state index is 0.200. The van der Waals surface area contributed by atoms with E-state index in [1.165, 1.54) is 7.11 Å². The lowest BCUT2D eigenvalue weighted by molar-refractivity contribution is 0.0917. The van der Waals surface area contributed by atoms with Crippen LogP contribution in [0.4, 0.5) is 8.78 Å². The van der Waals surface area contributed by atoms with Crippen LogP contribution in [0.3, 0.4) is 0 Å². The smallest absolute Gasteiger partial charge is 0.203 e. The Labute approximate surface area is 114 Å². The van der Waals surface area contributed by atoms with Gasteiger partial charge in [-0.15, -0.1) is 0 Å². The van der Waals surface area contributed by atoms with Gasteiger partial charge in [-0.2, -0.15) is 0 Å². The first-order valence-electron chi connectivity index (χ1n) is 5.85. The van der Waals surface area contributed by atoms with Crippen molar-refractivity contribution in [2.45, 2.75) is 0 Å². The number of hydrogen-bond acceptors (Lipinski definition) is 3. The monoisotopic (exact) mass is 278 g/mol. The molecule has 20 heavy (non-hydrogen) atoms. The topological polar surface area (TPSA) is 35.5 Å². The Hall–Kier alpha value is -2.43. The summed E-state index contributed by atoms with van der Waals surface area (Å²) in [6.45, 7) is -0.338. The van der Waals surface area contributed by atoms with Crippen LogP contribution >= 0.6 is 0 Å². The second-order valence-corrected chi connectivity index (χ2v) is 4.02. The molecular weight excluding hydrogens is 266 g/mol. The Morgan fingerprint density at radius 1 is 1.10 bits per heavy atom. The Morgan fingerprint density at radius 3 is 2.55 bits per heavy atom. The highest BCUT2D eigenvalue weighted by atomic mass is 19.1. The van der Waals surface area contributed by atoms with Gasteiger partial charge in [-0.1, -0.05) is 6.07 Å². The molecule has 0 aliphatic rings. The van der Waals surface area contributed by atoms with Gasteiger partial charge in [-0.25, -0.2) is 8.78 Å². The lowest BCUT2D eigenvalue weighted by Crippen LogP contribution is -2.13. The molecule has 5 heteroatoms. The van der Waals surface area contributed by atoms with E-state index in [0.717, 1.165) is 12.1 Å². The minimum Gasteiger partial charge on any atom is -0.497 e. The molecule has 0 heterocycles. The van der Waals surface area contributed by atoms with Crippen molar-refractivity contribution in [3.63, 3.8) is 0 Å². The van der Waals surface area contributed by atoms with E-state index in [0.29, 0.717) is 17.6 Å². The molecule has 0 aliphatic heterocycles. The van der Waals surface area contributed by atoms with E-state index >= 15 is 0 Å². The normalized spacial score (nSPS) is 10.2. The summed E-state index contributed by atoms with van der Waals surface area (Å²) in [5, 5.41) is 0. The number of ether oxygens (including phenoxy) is 2. The molecule has 0 N–H and O–H groups in total. The molecule has 2 aromatic carbocycles. The zero-order valence-electron chi connectivity index (χ0n) is 10.7. The van der Waals surface area contributed by atoms with Crippen LogP contribution in [-0.4, -0.2) is 19.5 Å². The number of hydrogen-bond donors (Lipinski definition) is 0. The quantitative estimate of drug-likeness (QED) is 0.788. The van der Waals surface area contributed by atoms with Crippen molar-refractivity contribution in [3.8, 4) is 11.5 Å². The number of benzene rings is 2. The number of ketones is 1. The number of halogens is 2. The molecule has 0 saturated heterocycles. The third-order valence-corrected chi connectivity index (χ3v) is 2.64. The molecule has 104 valence electrons. The minimum atomic E-state index is -0.899. The molecule has 0 bridgehead atoms. The molecule has 2 aromatic rings. The van der Waals surface area contributed by atoms with Crippen LogP contribution in [0.1, 0.15) is 10.4 Å². The maximum absolute atomic E-state index is 13.4. The highest BCUT2D eigenvalue weighted by Crippen LogP contribution is 2.19. The average molecular weight is 278 g/mol. The zero-order valence-corrected chi connectivity index (χ0v) is 10.7. The fourth-order valence-corrected chi connectivity index (χ4v) is 1.63. The van der Waals surface area contributed by atoms with E-state index in [1.54, 1.807) is 24.3 Å². The summed E-state index contributed by atoms with van der Waals surface area (Å²) in [6.07, 6.45) is 0. The van der Waals surface area contributed by atoms with E-state index < -0.39 is 17.4 Å². The lowest BCUT2D eigenvalue weighted by atomic mass is 10.1. The summed E-state index contributed by atoms with van der Waals surface area (Å²) < 4.78 is 36.4. The molecule has 0 fully saturated rings. The summed E-state index contributed by atoms with van der Waals surface area (Å²) in [4.78, 5) is 11.8. The summed E-state index contributed by atoms with van der Waals surface area (Å²) in [5.74, 6) is -1.18. The van der Waals surface area contributed by atoms with Crippen molar-refractivity contribution in [2.75, 3.05) is 13.7 Å². The highest BCUT2D eigenvalue weighted by Gasteiger charge is 2.13. The van der Waals surface area contributed by atoms with Crippen LogP contribution < -0.4 is 9.47 Å². The summed E-state index contributed by atoms with van der Waals surface area (Å²) in [6, 6.07) is 9.49. The van der Waals surface area contributed by atoms with E-state index in [-0.39, 0.29) is 12.2 Å². The molecule has 2 rings (SSSR count). The van der Waals surface area contributed by atoms with Gasteiger partial charge in [0.05, 0.1) is 12.7 Å². The van der Waals surface area contributed by atoms with E-state index in [9.17, 15) is 13.6 Å². The first kappa shape index (κ1) is 14.0. The third-order valence-electron chi connectivity index (χ3n) is 2.64. The number of rotatable bonds is 5. The molecule has 0 saturated carbocycles. The molecule has 0 radical (unpaired) electrons. The van der Waals surface area contributed by atoms with Crippen LogP contribution in [0.5, 0.6) is 11.5 Å². The fourth-order valence-electron chi connectivity index (χ4n) is 1.63. The zero-order chi connectivity index (χ0) is 14.5. The van der Waals surface area contributed by atoms with Crippen molar-refractivity contribution in [2.24, 2.45) is 0 Å². The van der Waals surface area contributed by atoms with Crippen LogP contribution in [-0.2, 0) is 0 Å². The first-order chi connectivity index (χ1) is 9.60. The number of carbonyl (C=O) groups is 1. The van der Waals surface area contributed by atoms with Gasteiger partial charge in [-0.3, -0.25) is 4.79 Å². The molecule has 0 aliphatic carbocycles. The second-order valence-electron chi connectivity index (χ2n) is 4.02. The third kappa shape index (κ3) is 3.32. The Bertz CT molecular complexity index is 626. The maximum Gasteiger partial charge on any atom is 0.203 e. The van der Waals surface area contributed by atoms with Crippen molar-refractivity contribution >= 4 is 5.78 Å². The first-order valence-corrected chi connectivity index (χ1v) is 5.85. The van der Waals surface area contributed by atoms with Crippen LogP contribution in [0, 0.1) is 11.6 Å². The molecule has 0 spiro atoms. The van der Waals surface area contributed by atoms with Gasteiger partial charge in [0.1, 0.15) is 23.1 Å². The van der Waals surface area contributed by atoms with E-state index in [1.807, 2.05) is 0 Å². The van der Waals surface area contributed by atoms with Gasteiger partial charge in [0.25, 0.3) is 0 Å². The highest BCUT2D eigenvalue weighted by molar-refractivity contribution is 5.97. The van der Waals surface area contributed by atoms with Crippen molar-refractivity contribution in [1.82, 2.24) is 0 Å². The number of carbonyl (C=O) groups excluding carboxylic acids is 1. The standard InChI is InChI=1S/C15H12F2O3/c1-19-11-3-2-4-12(8-11)20-9-15(18)13-6-5-10(16)7-14(13)17/h2-8H,9H2,1H3. The SMILES string of the molecule is COc1cccc(OCC(=O)c2ccc(F)cc2F)c1. The number of methoxy groups -OCH3 is 1. The van der Waals surface area contributed by atoms with E-state index in [4.69, 9.17) is 9.47 Å². The average Bonchev–Trinajstić information content (AvgIpc) is 2.45. The second kappa shape index (κ2) is 6.14. The van der Waals surface area contributed by atoms with Crippen molar-refractivity contribution < 1.29 is 23.0 Å². The summed E-state index contributed by atoms with van der Waals surface area (Å²) in [7, 11) is 1.51. The van der Waals surface area contributed by atoms with Gasteiger partial charge in [-0.05, 0) is 24.3 Å². The lowest BCUT2D eigenvalue weighted by Gasteiger charge is -2.07.